The number of benzene rings is 2. The Morgan fingerprint density at radius 3 is 2.42 bits per heavy atom. The lowest BCUT2D eigenvalue weighted by Gasteiger charge is -2.15. The maximum Gasteiger partial charge on any atom is 0.266 e. The van der Waals surface area contributed by atoms with Gasteiger partial charge in [-0.25, -0.2) is 4.98 Å². The fourth-order valence-electron chi connectivity index (χ4n) is 3.72. The molecule has 1 atom stereocenters. The molecule has 10 heteroatoms. The molecule has 0 saturated heterocycles. The summed E-state index contributed by atoms with van der Waals surface area (Å²) in [5.74, 6) is -0.364. The van der Waals surface area contributed by atoms with Crippen molar-refractivity contribution >= 4 is 50.5 Å². The van der Waals surface area contributed by atoms with Gasteiger partial charge in [0.2, 0.25) is 5.91 Å². The largest absolute Gasteiger partial charge is 0.495 e. The number of carbonyl (C=O) groups excluding carboxylic acids is 3. The van der Waals surface area contributed by atoms with E-state index < -0.39 is 17.5 Å². The molecule has 4 rings (SSSR count). The number of nitrogens with one attached hydrogen (secondary N) is 2. The van der Waals surface area contributed by atoms with E-state index in [1.165, 1.54) is 24.9 Å². The first-order valence-corrected chi connectivity index (χ1v) is 11.9. The van der Waals surface area contributed by atoms with Crippen LogP contribution in [0.25, 0.3) is 10.2 Å². The zero-order valence-electron chi connectivity index (χ0n) is 20.1. The predicted molar refractivity (Wildman–Crippen MR) is 139 cm³/mol. The van der Waals surface area contributed by atoms with Gasteiger partial charge in [0.15, 0.2) is 5.78 Å². The van der Waals surface area contributed by atoms with E-state index in [9.17, 15) is 19.2 Å². The van der Waals surface area contributed by atoms with Crippen LogP contribution in [-0.2, 0) is 4.79 Å². The summed E-state index contributed by atoms with van der Waals surface area (Å²) in [5, 5.41) is 5.85. The van der Waals surface area contributed by atoms with E-state index in [1.54, 1.807) is 62.4 Å². The molecule has 4 aromatic rings. The number of carbonyl (C=O) groups is 3. The molecule has 0 saturated carbocycles. The highest BCUT2D eigenvalue weighted by atomic mass is 32.1. The van der Waals surface area contributed by atoms with Crippen molar-refractivity contribution in [2.75, 3.05) is 17.7 Å². The molecule has 36 heavy (non-hydrogen) atoms. The van der Waals surface area contributed by atoms with Gasteiger partial charge < -0.3 is 15.4 Å². The number of para-hydroxylation sites is 2. The van der Waals surface area contributed by atoms with E-state index in [2.05, 4.69) is 15.6 Å². The maximum absolute atomic E-state index is 13.3. The van der Waals surface area contributed by atoms with Gasteiger partial charge in [0.25, 0.3) is 11.5 Å². The Kier molecular flexibility index (Phi) is 6.98. The molecule has 2 N–H and O–H groups in total. The van der Waals surface area contributed by atoms with Crippen LogP contribution >= 0.6 is 11.3 Å². The summed E-state index contributed by atoms with van der Waals surface area (Å²) in [6, 6.07) is 12.7. The van der Waals surface area contributed by atoms with Gasteiger partial charge in [-0.1, -0.05) is 12.1 Å². The zero-order valence-corrected chi connectivity index (χ0v) is 20.9. The Labute approximate surface area is 210 Å². The van der Waals surface area contributed by atoms with E-state index in [0.717, 1.165) is 11.3 Å². The van der Waals surface area contributed by atoms with Crippen molar-refractivity contribution in [2.24, 2.45) is 0 Å². The Morgan fingerprint density at radius 2 is 1.75 bits per heavy atom. The van der Waals surface area contributed by atoms with E-state index in [1.807, 2.05) is 0 Å². The molecule has 0 aliphatic carbocycles. The number of ketones is 1. The number of Topliss-reactive ketones (excluding diaryl/α,β-unsaturated/α-hetero) is 1. The Balaban J connectivity index is 1.60. The van der Waals surface area contributed by atoms with Gasteiger partial charge in [-0.05, 0) is 62.7 Å². The number of hydrogen-bond acceptors (Lipinski definition) is 7. The number of ether oxygens (including phenoxy) is 1. The average Bonchev–Trinajstić information content (AvgIpc) is 3.21. The van der Waals surface area contributed by atoms with Crippen LogP contribution in [0.4, 0.5) is 11.4 Å². The molecule has 2 heterocycles. The molecule has 0 spiro atoms. The van der Waals surface area contributed by atoms with E-state index in [0.29, 0.717) is 38.0 Å². The van der Waals surface area contributed by atoms with Gasteiger partial charge in [-0.2, -0.15) is 0 Å². The van der Waals surface area contributed by atoms with Crippen molar-refractivity contribution in [2.45, 2.75) is 26.8 Å². The Morgan fingerprint density at radius 1 is 1.06 bits per heavy atom. The van der Waals surface area contributed by atoms with E-state index >= 15 is 0 Å². The summed E-state index contributed by atoms with van der Waals surface area (Å²) >= 11 is 1.11. The molecule has 1 unspecified atom stereocenters. The number of aryl methyl sites for hydroxylation is 1. The van der Waals surface area contributed by atoms with Gasteiger partial charge in [-0.3, -0.25) is 23.7 Å². The highest BCUT2D eigenvalue weighted by Crippen LogP contribution is 2.30. The molecule has 9 nitrogen and oxygen atoms in total. The quantitative estimate of drug-likeness (QED) is 0.360. The van der Waals surface area contributed by atoms with Crippen molar-refractivity contribution in [1.29, 1.82) is 0 Å². The van der Waals surface area contributed by atoms with Crippen LogP contribution in [0.2, 0.25) is 0 Å². The number of anilines is 2. The van der Waals surface area contributed by atoms with Crippen LogP contribution in [0.1, 0.15) is 45.5 Å². The number of nitrogens with zero attached hydrogens (tertiary/aromatic N) is 2. The van der Waals surface area contributed by atoms with Gasteiger partial charge in [-0.15, -0.1) is 11.3 Å². The van der Waals surface area contributed by atoms with Crippen LogP contribution < -0.4 is 20.9 Å². The number of methoxy groups -OCH3 is 1. The molecule has 2 amide bonds. The molecular formula is C26H24N4O5S. The minimum Gasteiger partial charge on any atom is -0.495 e. The van der Waals surface area contributed by atoms with Gasteiger partial charge in [0, 0.05) is 11.3 Å². The highest BCUT2D eigenvalue weighted by Gasteiger charge is 2.23. The third-order valence-electron chi connectivity index (χ3n) is 5.79. The van der Waals surface area contributed by atoms with Crippen molar-refractivity contribution in [3.05, 3.63) is 81.2 Å². The standard InChI is InChI=1S/C26H24N4O5S/c1-14-21-25(36-22(14)24(33)29-19-7-5-6-8-20(19)35-4)27-13-30(26(21)34)15(2)23(32)28-18-11-9-17(10-12-18)16(3)31/h5-13,15H,1-4H3,(H,28,32)(H,29,33). The van der Waals surface area contributed by atoms with Gasteiger partial charge in [0.1, 0.15) is 16.6 Å². The number of aromatic nitrogens is 2. The van der Waals surface area contributed by atoms with Crippen molar-refractivity contribution in [3.8, 4) is 5.75 Å². The molecule has 184 valence electrons. The summed E-state index contributed by atoms with van der Waals surface area (Å²) in [4.78, 5) is 55.7. The predicted octanol–water partition coefficient (Wildman–Crippen LogP) is 4.43. The third kappa shape index (κ3) is 4.76. The smallest absolute Gasteiger partial charge is 0.266 e. The normalized spacial score (nSPS) is 11.7. The van der Waals surface area contributed by atoms with E-state index in [-0.39, 0.29) is 17.1 Å². The number of amides is 2. The first-order valence-electron chi connectivity index (χ1n) is 11.1. The lowest BCUT2D eigenvalue weighted by atomic mass is 10.1. The number of rotatable bonds is 7. The first-order chi connectivity index (χ1) is 17.2. The van der Waals surface area contributed by atoms with Crippen LogP contribution in [-0.4, -0.2) is 34.3 Å². The monoisotopic (exact) mass is 504 g/mol. The SMILES string of the molecule is COc1ccccc1NC(=O)c1sc2ncn(C(C)C(=O)Nc3ccc(C(C)=O)cc3)c(=O)c2c1C. The van der Waals surface area contributed by atoms with Gasteiger partial charge in [0.05, 0.1) is 29.4 Å². The molecule has 0 aliphatic heterocycles. The second kappa shape index (κ2) is 10.1. The fourth-order valence-corrected chi connectivity index (χ4v) is 4.75. The van der Waals surface area contributed by atoms with Crippen LogP contribution in [0.15, 0.2) is 59.7 Å². The first kappa shape index (κ1) is 24.8. The van der Waals surface area contributed by atoms with Crippen molar-refractivity contribution in [3.63, 3.8) is 0 Å². The Bertz CT molecular complexity index is 1540. The summed E-state index contributed by atoms with van der Waals surface area (Å²) < 4.78 is 6.52. The molecule has 0 fully saturated rings. The zero-order chi connectivity index (χ0) is 26.0. The summed E-state index contributed by atoms with van der Waals surface area (Å²) in [6.07, 6.45) is 1.31. The summed E-state index contributed by atoms with van der Waals surface area (Å²) in [6.45, 7) is 4.74. The third-order valence-corrected chi connectivity index (χ3v) is 6.99. The number of fused-ring (bicyclic) bond motifs is 1. The van der Waals surface area contributed by atoms with E-state index in [4.69, 9.17) is 4.74 Å². The average molecular weight is 505 g/mol. The van der Waals surface area contributed by atoms with Crippen LogP contribution in [0.5, 0.6) is 5.75 Å². The minimum absolute atomic E-state index is 0.0748. The maximum atomic E-state index is 13.3. The molecule has 0 aliphatic rings. The second-order valence-electron chi connectivity index (χ2n) is 8.15. The summed E-state index contributed by atoms with van der Waals surface area (Å²) in [7, 11) is 1.51. The van der Waals surface area contributed by atoms with Crippen LogP contribution in [0, 0.1) is 6.92 Å². The molecule has 0 radical (unpaired) electrons. The fraction of sp³-hybridized carbons (Fsp3) is 0.192. The number of hydrogen-bond donors (Lipinski definition) is 2. The molecule has 2 aromatic carbocycles. The second-order valence-corrected chi connectivity index (χ2v) is 9.15. The number of thiophene rings is 1. The molecular weight excluding hydrogens is 480 g/mol. The lowest BCUT2D eigenvalue weighted by Crippen LogP contribution is -2.31. The highest BCUT2D eigenvalue weighted by molar-refractivity contribution is 7.20. The van der Waals surface area contributed by atoms with Gasteiger partial charge >= 0.3 is 0 Å². The lowest BCUT2D eigenvalue weighted by molar-refractivity contribution is -0.118. The minimum atomic E-state index is -0.868. The van der Waals surface area contributed by atoms with Crippen LogP contribution in [0.3, 0.4) is 0 Å². The molecule has 2 aromatic heterocycles. The van der Waals surface area contributed by atoms with Crippen molar-refractivity contribution in [1.82, 2.24) is 9.55 Å². The molecule has 0 bridgehead atoms. The topological polar surface area (TPSA) is 119 Å². The Hall–Kier alpha value is -4.31. The van der Waals surface area contributed by atoms with Crippen molar-refractivity contribution < 1.29 is 19.1 Å². The summed E-state index contributed by atoms with van der Waals surface area (Å²) in [5.41, 5.74) is 1.61.